The summed E-state index contributed by atoms with van der Waals surface area (Å²) >= 11 is 5.79. The van der Waals surface area contributed by atoms with Gasteiger partial charge >= 0.3 is 0 Å². The maximum Gasteiger partial charge on any atom is 0.221 e. The third-order valence-electron chi connectivity index (χ3n) is 3.66. The number of fused-ring (bicyclic) bond motifs is 1. The number of hydrogen-bond donors (Lipinski definition) is 1. The summed E-state index contributed by atoms with van der Waals surface area (Å²) in [5.41, 5.74) is 0.981. The van der Waals surface area contributed by atoms with E-state index in [-0.39, 0.29) is 5.91 Å². The van der Waals surface area contributed by atoms with E-state index < -0.39 is 0 Å². The minimum atomic E-state index is -0.0228. The van der Waals surface area contributed by atoms with Crippen LogP contribution in [0.3, 0.4) is 0 Å². The molecule has 1 aromatic carbocycles. The van der Waals surface area contributed by atoms with E-state index in [4.69, 9.17) is 16.3 Å². The van der Waals surface area contributed by atoms with Crippen LogP contribution in [0.25, 0.3) is 10.9 Å². The first-order valence-corrected chi connectivity index (χ1v) is 7.98. The second kappa shape index (κ2) is 7.35. The maximum atomic E-state index is 11.9. The molecule has 0 aliphatic rings. The Morgan fingerprint density at radius 2 is 2.17 bits per heavy atom. The van der Waals surface area contributed by atoms with E-state index >= 15 is 0 Å². The van der Waals surface area contributed by atoms with Gasteiger partial charge in [0.05, 0.1) is 43.1 Å². The predicted molar refractivity (Wildman–Crippen MR) is 91.1 cm³/mol. The molecule has 0 bridgehead atoms. The van der Waals surface area contributed by atoms with Crippen LogP contribution in [0.5, 0.6) is 5.75 Å². The van der Waals surface area contributed by atoms with Crippen LogP contribution >= 0.6 is 11.6 Å². The molecule has 0 saturated heterocycles. The lowest BCUT2D eigenvalue weighted by molar-refractivity contribution is -0.121. The number of benzene rings is 1. The first-order valence-electron chi connectivity index (χ1n) is 7.60. The van der Waals surface area contributed by atoms with Crippen LogP contribution < -0.4 is 10.1 Å². The van der Waals surface area contributed by atoms with E-state index in [9.17, 15) is 4.79 Å². The van der Waals surface area contributed by atoms with Gasteiger partial charge in [-0.2, -0.15) is 10.2 Å². The van der Waals surface area contributed by atoms with Gasteiger partial charge in [-0.25, -0.2) is 0 Å². The Morgan fingerprint density at radius 1 is 1.29 bits per heavy atom. The number of methoxy groups -OCH3 is 1. The van der Waals surface area contributed by atoms with Gasteiger partial charge in [-0.15, -0.1) is 0 Å². The Morgan fingerprint density at radius 3 is 2.92 bits per heavy atom. The Bertz CT molecular complexity index is 842. The summed E-state index contributed by atoms with van der Waals surface area (Å²) in [5.74, 6) is 0.768. The van der Waals surface area contributed by atoms with Crippen LogP contribution in [-0.4, -0.2) is 39.1 Å². The van der Waals surface area contributed by atoms with Crippen molar-refractivity contribution in [2.75, 3.05) is 13.7 Å². The zero-order chi connectivity index (χ0) is 16.9. The summed E-state index contributed by atoms with van der Waals surface area (Å²) < 4.78 is 8.71. The van der Waals surface area contributed by atoms with Gasteiger partial charge in [0, 0.05) is 24.5 Å². The van der Waals surface area contributed by atoms with Crippen molar-refractivity contribution in [3.63, 3.8) is 0 Å². The van der Waals surface area contributed by atoms with E-state index in [2.05, 4.69) is 15.5 Å². The highest BCUT2D eigenvalue weighted by molar-refractivity contribution is 6.30. The second-order valence-corrected chi connectivity index (χ2v) is 5.75. The number of nitrogens with one attached hydrogen (secondary N) is 1. The number of hydrogen-bond acceptors (Lipinski definition) is 4. The van der Waals surface area contributed by atoms with Crippen LogP contribution in [-0.2, 0) is 17.9 Å². The number of carbonyl (C=O) groups excluding carboxylic acids is 1. The predicted octanol–water partition coefficient (Wildman–Crippen LogP) is 2.10. The van der Waals surface area contributed by atoms with Gasteiger partial charge in [0.2, 0.25) is 5.91 Å². The third kappa shape index (κ3) is 3.86. The van der Waals surface area contributed by atoms with Crippen molar-refractivity contribution < 1.29 is 9.53 Å². The largest absolute Gasteiger partial charge is 0.497 e. The number of amides is 1. The molecule has 0 saturated carbocycles. The standard InChI is InChI=1S/C16H18ClN5O2/c1-24-14-2-3-15-12(8-14)9-20-22(15)6-4-16(23)18-5-7-21-11-13(17)10-19-21/h2-3,8-11H,4-7H2,1H3,(H,18,23). The molecule has 0 unspecified atom stereocenters. The lowest BCUT2D eigenvalue weighted by Gasteiger charge is -2.07. The van der Waals surface area contributed by atoms with Crippen molar-refractivity contribution in [3.8, 4) is 5.75 Å². The molecule has 0 spiro atoms. The van der Waals surface area contributed by atoms with E-state index in [0.29, 0.717) is 31.1 Å². The van der Waals surface area contributed by atoms with Crippen molar-refractivity contribution in [1.82, 2.24) is 24.9 Å². The van der Waals surface area contributed by atoms with E-state index in [1.165, 1.54) is 0 Å². The quantitative estimate of drug-likeness (QED) is 0.710. The fourth-order valence-electron chi connectivity index (χ4n) is 2.44. The highest BCUT2D eigenvalue weighted by Gasteiger charge is 2.07. The summed E-state index contributed by atoms with van der Waals surface area (Å²) in [5, 5.41) is 12.8. The van der Waals surface area contributed by atoms with Crippen LogP contribution in [0.15, 0.2) is 36.8 Å². The normalized spacial score (nSPS) is 10.9. The highest BCUT2D eigenvalue weighted by Crippen LogP contribution is 2.20. The molecule has 0 radical (unpaired) electrons. The summed E-state index contributed by atoms with van der Waals surface area (Å²) in [6.45, 7) is 1.62. The van der Waals surface area contributed by atoms with Crippen molar-refractivity contribution in [2.45, 2.75) is 19.5 Å². The molecule has 2 heterocycles. The molecule has 3 rings (SSSR count). The van der Waals surface area contributed by atoms with Crippen LogP contribution in [0.2, 0.25) is 5.02 Å². The third-order valence-corrected chi connectivity index (χ3v) is 3.86. The average molecular weight is 348 g/mol. The molecule has 126 valence electrons. The maximum absolute atomic E-state index is 11.9. The summed E-state index contributed by atoms with van der Waals surface area (Å²) in [6.07, 6.45) is 5.43. The highest BCUT2D eigenvalue weighted by atomic mass is 35.5. The molecule has 1 amide bonds. The van der Waals surface area contributed by atoms with Crippen molar-refractivity contribution >= 4 is 28.4 Å². The Labute approximate surface area is 144 Å². The molecule has 2 aromatic heterocycles. The monoisotopic (exact) mass is 347 g/mol. The molecular formula is C16H18ClN5O2. The first-order chi connectivity index (χ1) is 11.7. The first kappa shape index (κ1) is 16.3. The van der Waals surface area contributed by atoms with E-state index in [0.717, 1.165) is 16.7 Å². The van der Waals surface area contributed by atoms with Gasteiger partial charge in [-0.05, 0) is 18.2 Å². The van der Waals surface area contributed by atoms with Crippen LogP contribution in [0, 0.1) is 0 Å². The minimum absolute atomic E-state index is 0.0228. The molecule has 7 nitrogen and oxygen atoms in total. The minimum Gasteiger partial charge on any atom is -0.497 e. The lowest BCUT2D eigenvalue weighted by Crippen LogP contribution is -2.28. The van der Waals surface area contributed by atoms with Crippen molar-refractivity contribution in [2.24, 2.45) is 0 Å². The van der Waals surface area contributed by atoms with Gasteiger partial charge in [0.1, 0.15) is 5.75 Å². The summed E-state index contributed by atoms with van der Waals surface area (Å²) in [7, 11) is 1.63. The molecular weight excluding hydrogens is 330 g/mol. The second-order valence-electron chi connectivity index (χ2n) is 5.31. The number of halogens is 1. The molecule has 0 fully saturated rings. The smallest absolute Gasteiger partial charge is 0.221 e. The molecule has 8 heteroatoms. The topological polar surface area (TPSA) is 74.0 Å². The van der Waals surface area contributed by atoms with Gasteiger partial charge in [0.15, 0.2) is 0 Å². The molecule has 0 aliphatic heterocycles. The number of nitrogens with zero attached hydrogens (tertiary/aromatic N) is 4. The zero-order valence-corrected chi connectivity index (χ0v) is 14.0. The summed E-state index contributed by atoms with van der Waals surface area (Å²) in [6, 6.07) is 5.75. The number of aromatic nitrogens is 4. The molecule has 0 aliphatic carbocycles. The van der Waals surface area contributed by atoms with Gasteiger partial charge in [-0.3, -0.25) is 14.2 Å². The molecule has 24 heavy (non-hydrogen) atoms. The number of rotatable bonds is 7. The Balaban J connectivity index is 1.49. The fourth-order valence-corrected chi connectivity index (χ4v) is 2.59. The van der Waals surface area contributed by atoms with Gasteiger partial charge in [-0.1, -0.05) is 11.6 Å². The molecule has 0 atom stereocenters. The van der Waals surface area contributed by atoms with Crippen LogP contribution in [0.1, 0.15) is 6.42 Å². The lowest BCUT2D eigenvalue weighted by atomic mass is 10.2. The average Bonchev–Trinajstić information content (AvgIpc) is 3.18. The zero-order valence-electron chi connectivity index (χ0n) is 13.3. The van der Waals surface area contributed by atoms with Crippen LogP contribution in [0.4, 0.5) is 0 Å². The number of carbonyl (C=O) groups is 1. The molecule has 3 aromatic rings. The van der Waals surface area contributed by atoms with Gasteiger partial charge < -0.3 is 10.1 Å². The SMILES string of the molecule is COc1ccc2c(cnn2CCC(=O)NCCn2cc(Cl)cn2)c1. The van der Waals surface area contributed by atoms with Crippen molar-refractivity contribution in [3.05, 3.63) is 41.8 Å². The number of aryl methyl sites for hydroxylation is 1. The van der Waals surface area contributed by atoms with Gasteiger partial charge in [0.25, 0.3) is 0 Å². The Kier molecular flexibility index (Phi) is 5.00. The van der Waals surface area contributed by atoms with Crippen molar-refractivity contribution in [1.29, 1.82) is 0 Å². The summed E-state index contributed by atoms with van der Waals surface area (Å²) in [4.78, 5) is 11.9. The van der Waals surface area contributed by atoms with E-state index in [1.807, 2.05) is 22.9 Å². The fraction of sp³-hybridized carbons (Fsp3) is 0.312. The Hall–Kier alpha value is -2.54. The molecule has 1 N–H and O–H groups in total. The number of ether oxygens (including phenoxy) is 1. The van der Waals surface area contributed by atoms with E-state index in [1.54, 1.807) is 30.4 Å².